The van der Waals surface area contributed by atoms with E-state index >= 15 is 8.78 Å². The minimum Gasteiger partial charge on any atom is -0.365 e. The summed E-state index contributed by atoms with van der Waals surface area (Å²) in [7, 11) is 3.84. The Morgan fingerprint density at radius 3 is 2.39 bits per heavy atom. The van der Waals surface area contributed by atoms with Crippen molar-refractivity contribution >= 4 is 23.1 Å². The van der Waals surface area contributed by atoms with Crippen LogP contribution >= 0.6 is 0 Å². The van der Waals surface area contributed by atoms with Gasteiger partial charge < -0.3 is 15.1 Å². The van der Waals surface area contributed by atoms with Crippen molar-refractivity contribution in [1.82, 2.24) is 14.9 Å². The highest BCUT2D eigenvalue weighted by atomic mass is 19.4. The molecule has 202 valence electrons. The Morgan fingerprint density at radius 2 is 1.76 bits per heavy atom. The minimum atomic E-state index is -4.75. The van der Waals surface area contributed by atoms with Gasteiger partial charge in [0.05, 0.1) is 12.6 Å². The lowest BCUT2D eigenvalue weighted by molar-refractivity contribution is -0.138. The molecule has 2 aliphatic heterocycles. The molecule has 2 aromatic carbocycles. The summed E-state index contributed by atoms with van der Waals surface area (Å²) in [5.74, 6) is -2.31. The van der Waals surface area contributed by atoms with E-state index < -0.39 is 35.2 Å². The van der Waals surface area contributed by atoms with Gasteiger partial charge in [-0.05, 0) is 38.2 Å². The molecule has 2 aliphatic rings. The molecule has 1 aromatic heterocycles. The van der Waals surface area contributed by atoms with Gasteiger partial charge in [0.15, 0.2) is 17.5 Å². The predicted molar refractivity (Wildman–Crippen MR) is 133 cm³/mol. The van der Waals surface area contributed by atoms with Gasteiger partial charge >= 0.3 is 6.18 Å². The first-order valence-corrected chi connectivity index (χ1v) is 12.2. The van der Waals surface area contributed by atoms with Crippen LogP contribution in [-0.4, -0.2) is 54.7 Å². The number of hydroxylamine groups is 1. The quantitative estimate of drug-likeness (QED) is 0.417. The zero-order valence-corrected chi connectivity index (χ0v) is 20.8. The topological polar surface area (TPSA) is 56.8 Å². The molecular weight excluding hydrogens is 507 g/mol. The van der Waals surface area contributed by atoms with Crippen LogP contribution in [0.25, 0.3) is 0 Å². The predicted octanol–water partition coefficient (Wildman–Crippen LogP) is 5.54. The average molecular weight is 535 g/mol. The minimum absolute atomic E-state index is 0.0280. The number of benzene rings is 2. The van der Waals surface area contributed by atoms with Gasteiger partial charge in [0, 0.05) is 37.4 Å². The van der Waals surface area contributed by atoms with Crippen LogP contribution in [0.15, 0.2) is 48.7 Å². The number of nitrogens with one attached hydrogen (secondary N) is 1. The molecule has 12 heteroatoms. The number of hydrogen-bond acceptors (Lipinski definition) is 7. The average Bonchev–Trinajstić information content (AvgIpc) is 3.54. The van der Waals surface area contributed by atoms with Crippen molar-refractivity contribution < 1.29 is 26.8 Å². The maximum absolute atomic E-state index is 15.0. The van der Waals surface area contributed by atoms with Gasteiger partial charge in [0.1, 0.15) is 11.3 Å². The second-order valence-corrected chi connectivity index (χ2v) is 9.57. The summed E-state index contributed by atoms with van der Waals surface area (Å²) in [6.45, 7) is 1.19. The Balaban J connectivity index is 1.44. The van der Waals surface area contributed by atoms with Crippen molar-refractivity contribution in [3.63, 3.8) is 0 Å². The van der Waals surface area contributed by atoms with Crippen molar-refractivity contribution in [3.8, 4) is 0 Å². The first-order valence-electron chi connectivity index (χ1n) is 12.2. The van der Waals surface area contributed by atoms with E-state index in [4.69, 9.17) is 4.84 Å². The van der Waals surface area contributed by atoms with E-state index in [-0.39, 0.29) is 30.0 Å². The van der Waals surface area contributed by atoms with Crippen LogP contribution in [0.5, 0.6) is 0 Å². The van der Waals surface area contributed by atoms with Gasteiger partial charge in [0.25, 0.3) is 0 Å². The summed E-state index contributed by atoms with van der Waals surface area (Å²) < 4.78 is 71.7. The summed E-state index contributed by atoms with van der Waals surface area (Å²) >= 11 is 0. The molecule has 3 aromatic rings. The Labute approximate surface area is 216 Å². The largest absolute Gasteiger partial charge is 0.421 e. The molecule has 1 N–H and O–H groups in total. The molecule has 0 amide bonds. The number of alkyl halides is 3. The Hall–Kier alpha value is -3.51. The molecule has 2 atom stereocenters. The maximum Gasteiger partial charge on any atom is 0.421 e. The highest BCUT2D eigenvalue weighted by Crippen LogP contribution is 2.42. The van der Waals surface area contributed by atoms with Gasteiger partial charge in [-0.15, -0.1) is 0 Å². The lowest BCUT2D eigenvalue weighted by atomic mass is 10.0. The maximum atomic E-state index is 15.0. The molecule has 0 spiro atoms. The highest BCUT2D eigenvalue weighted by molar-refractivity contribution is 5.63. The fourth-order valence-electron chi connectivity index (χ4n) is 4.89. The summed E-state index contributed by atoms with van der Waals surface area (Å²) in [6, 6.07) is 10.8. The van der Waals surface area contributed by atoms with E-state index in [0.717, 1.165) is 29.2 Å². The van der Waals surface area contributed by atoms with Crippen molar-refractivity contribution in [2.24, 2.45) is 0 Å². The van der Waals surface area contributed by atoms with Crippen LogP contribution < -0.4 is 15.3 Å². The van der Waals surface area contributed by atoms with E-state index in [1.165, 1.54) is 0 Å². The van der Waals surface area contributed by atoms with E-state index in [1.807, 2.05) is 25.1 Å². The van der Waals surface area contributed by atoms with E-state index in [0.29, 0.717) is 25.7 Å². The number of nitrogens with zero attached hydrogens (tertiary/aromatic N) is 5. The van der Waals surface area contributed by atoms with Crippen molar-refractivity contribution in [3.05, 3.63) is 71.4 Å². The number of likely N-dealkylation sites (N-methyl/N-ethyl adjacent to an activating group) is 1. The van der Waals surface area contributed by atoms with Crippen molar-refractivity contribution in [2.75, 3.05) is 49.1 Å². The molecule has 0 unspecified atom stereocenters. The third-order valence-electron chi connectivity index (χ3n) is 6.85. The normalized spacial score (nSPS) is 20.0. The number of aromatic nitrogens is 2. The molecule has 2 fully saturated rings. The molecule has 2 saturated heterocycles. The van der Waals surface area contributed by atoms with Crippen LogP contribution in [0.4, 0.5) is 45.1 Å². The molecule has 5 rings (SSSR count). The fraction of sp³-hybridized carbons (Fsp3) is 0.385. The Kier molecular flexibility index (Phi) is 7.10. The van der Waals surface area contributed by atoms with E-state index in [1.54, 1.807) is 29.2 Å². The summed E-state index contributed by atoms with van der Waals surface area (Å²) in [5, 5.41) is 3.78. The molecule has 7 nitrogen and oxygen atoms in total. The summed E-state index contributed by atoms with van der Waals surface area (Å²) in [5.41, 5.74) is -0.475. The third-order valence-corrected chi connectivity index (χ3v) is 6.85. The number of rotatable bonds is 6. The monoisotopic (exact) mass is 534 g/mol. The van der Waals surface area contributed by atoms with E-state index in [9.17, 15) is 13.2 Å². The number of anilines is 4. The smallest absolute Gasteiger partial charge is 0.365 e. The zero-order valence-electron chi connectivity index (χ0n) is 20.8. The molecule has 0 aliphatic carbocycles. The zero-order chi connectivity index (χ0) is 27.0. The second-order valence-electron chi connectivity index (χ2n) is 9.57. The van der Waals surface area contributed by atoms with Gasteiger partial charge in [-0.25, -0.2) is 18.8 Å². The third kappa shape index (κ3) is 5.23. The van der Waals surface area contributed by atoms with Gasteiger partial charge in [-0.2, -0.15) is 18.2 Å². The lowest BCUT2D eigenvalue weighted by Crippen LogP contribution is -2.32. The molecular formula is C26H27F5N6O. The van der Waals surface area contributed by atoms with Crippen molar-refractivity contribution in [1.29, 1.82) is 0 Å². The lowest BCUT2D eigenvalue weighted by Gasteiger charge is -2.26. The fourth-order valence-corrected chi connectivity index (χ4v) is 4.89. The summed E-state index contributed by atoms with van der Waals surface area (Å²) in [4.78, 5) is 17.1. The highest BCUT2D eigenvalue weighted by Gasteiger charge is 2.40. The second kappa shape index (κ2) is 10.3. The molecule has 0 saturated carbocycles. The van der Waals surface area contributed by atoms with Gasteiger partial charge in [-0.3, -0.25) is 4.84 Å². The molecule has 3 heterocycles. The molecule has 0 radical (unpaired) electrons. The number of hydrogen-bond donors (Lipinski definition) is 1. The van der Waals surface area contributed by atoms with Crippen LogP contribution in [-0.2, 0) is 11.0 Å². The Bertz CT molecular complexity index is 1270. The van der Waals surface area contributed by atoms with Crippen LogP contribution in [0.2, 0.25) is 0 Å². The van der Waals surface area contributed by atoms with Crippen LogP contribution in [0, 0.1) is 11.6 Å². The first kappa shape index (κ1) is 26.1. The standard InChI is InChI=1S/C26H27F5N6O/c1-35(2)18-8-10-36(15-18)23-20(27)12-17(13-21(23)28)33-25-32-14-19(26(29,30)31)24(34-25)37-22(9-11-38-37)16-6-4-3-5-7-16/h3-7,12-14,18,22H,8-11,15H2,1-2H3,(H,32,33,34)/t18-,22+/m1/s1. The Morgan fingerprint density at radius 1 is 1.05 bits per heavy atom. The van der Waals surface area contributed by atoms with E-state index in [2.05, 4.69) is 15.3 Å². The molecule has 0 bridgehead atoms. The SMILES string of the molecule is CN(C)[C@@H]1CCN(c2c(F)cc(Nc3ncc(C(F)(F)F)c(N4OCC[C@H]4c4ccccc4)n3)cc2F)C1. The van der Waals surface area contributed by atoms with Crippen LogP contribution in [0.3, 0.4) is 0 Å². The first-order chi connectivity index (χ1) is 18.1. The molecule has 38 heavy (non-hydrogen) atoms. The summed E-state index contributed by atoms with van der Waals surface area (Å²) in [6.07, 6.45) is -2.88. The van der Waals surface area contributed by atoms with Gasteiger partial charge in [0.2, 0.25) is 5.95 Å². The van der Waals surface area contributed by atoms with Crippen molar-refractivity contribution in [2.45, 2.75) is 31.1 Å². The van der Waals surface area contributed by atoms with Gasteiger partial charge in [-0.1, -0.05) is 30.3 Å². The van der Waals surface area contributed by atoms with Crippen LogP contribution in [0.1, 0.15) is 30.0 Å². The number of halogens is 5.